The monoisotopic (exact) mass is 435 g/mol. The van der Waals surface area contributed by atoms with E-state index in [0.717, 1.165) is 22.7 Å². The van der Waals surface area contributed by atoms with Crippen LogP contribution in [0.5, 0.6) is 0 Å². The van der Waals surface area contributed by atoms with E-state index in [1.165, 1.54) is 12.3 Å². The molecule has 0 atom stereocenters. The van der Waals surface area contributed by atoms with Crippen LogP contribution in [-0.4, -0.2) is 19.4 Å². The van der Waals surface area contributed by atoms with Gasteiger partial charge in [-0.25, -0.2) is 22.9 Å². The SMILES string of the molecule is O=C(Nc1ncc(Br)s1)NS(=O)(=O)c1cc(Cl)sc1Cl. The zero-order valence-electron chi connectivity index (χ0n) is 9.19. The highest BCUT2D eigenvalue weighted by Crippen LogP contribution is 2.34. The Morgan fingerprint density at radius 2 is 2.05 bits per heavy atom. The fourth-order valence-corrected chi connectivity index (χ4v) is 5.28. The normalized spacial score (nSPS) is 11.3. The third-order valence-corrected chi connectivity index (χ3v) is 6.32. The van der Waals surface area contributed by atoms with Crippen molar-refractivity contribution >= 4 is 83.0 Å². The highest BCUT2D eigenvalue weighted by molar-refractivity contribution is 9.11. The summed E-state index contributed by atoms with van der Waals surface area (Å²) < 4.78 is 26.6. The van der Waals surface area contributed by atoms with Crippen molar-refractivity contribution in [1.29, 1.82) is 0 Å². The van der Waals surface area contributed by atoms with E-state index in [1.54, 1.807) is 0 Å². The lowest BCUT2D eigenvalue weighted by atomic mass is 10.7. The summed E-state index contributed by atoms with van der Waals surface area (Å²) in [6, 6.07) is 0.231. The van der Waals surface area contributed by atoms with Crippen LogP contribution < -0.4 is 10.0 Å². The Morgan fingerprint density at radius 3 is 2.55 bits per heavy atom. The Kier molecular flexibility index (Phi) is 4.92. The van der Waals surface area contributed by atoms with Crippen molar-refractivity contribution in [3.8, 4) is 0 Å². The van der Waals surface area contributed by atoms with Crippen molar-refractivity contribution in [3.63, 3.8) is 0 Å². The van der Waals surface area contributed by atoms with Crippen molar-refractivity contribution in [1.82, 2.24) is 9.71 Å². The van der Waals surface area contributed by atoms with Crippen molar-refractivity contribution in [3.05, 3.63) is 24.7 Å². The van der Waals surface area contributed by atoms with Crippen molar-refractivity contribution in [2.45, 2.75) is 4.90 Å². The second kappa shape index (κ2) is 6.16. The summed E-state index contributed by atoms with van der Waals surface area (Å²) in [5.74, 6) is 0. The Labute approximate surface area is 140 Å². The van der Waals surface area contributed by atoms with Crippen LogP contribution in [0.1, 0.15) is 0 Å². The van der Waals surface area contributed by atoms with Crippen LogP contribution in [0.25, 0.3) is 0 Å². The maximum atomic E-state index is 11.9. The second-order valence-corrected chi connectivity index (χ2v) is 9.56. The standard InChI is InChI=1S/C8H4BrCl2N3O3S3/c9-4-2-12-8(18-4)13-7(15)14-20(16,17)3-1-5(10)19-6(3)11/h1-2H,(H2,12,13,14,15). The zero-order chi connectivity index (χ0) is 14.9. The number of carbonyl (C=O) groups excluding carboxylic acids is 1. The fourth-order valence-electron chi connectivity index (χ4n) is 1.12. The van der Waals surface area contributed by atoms with E-state index in [2.05, 4.69) is 26.2 Å². The lowest BCUT2D eigenvalue weighted by Gasteiger charge is -2.05. The Morgan fingerprint density at radius 1 is 1.35 bits per heavy atom. The molecule has 0 fully saturated rings. The molecule has 2 N–H and O–H groups in total. The number of sulfonamides is 1. The number of nitrogens with one attached hydrogen (secondary N) is 2. The predicted octanol–water partition coefficient (Wildman–Crippen LogP) is 3.78. The molecule has 0 aromatic carbocycles. The zero-order valence-corrected chi connectivity index (χ0v) is 14.7. The number of carbonyl (C=O) groups is 1. The van der Waals surface area contributed by atoms with E-state index in [1.807, 2.05) is 4.72 Å². The number of aromatic nitrogens is 1. The molecule has 0 aliphatic rings. The molecule has 0 bridgehead atoms. The predicted molar refractivity (Wildman–Crippen MR) is 83.5 cm³/mol. The molecule has 20 heavy (non-hydrogen) atoms. The first-order valence-electron chi connectivity index (χ1n) is 4.68. The lowest BCUT2D eigenvalue weighted by molar-refractivity contribution is 0.256. The van der Waals surface area contributed by atoms with Crippen LogP contribution >= 0.6 is 61.8 Å². The molecule has 12 heteroatoms. The fraction of sp³-hybridized carbons (Fsp3) is 0. The summed E-state index contributed by atoms with van der Waals surface area (Å²) in [6.07, 6.45) is 1.48. The summed E-state index contributed by atoms with van der Waals surface area (Å²) in [5.41, 5.74) is 0. The molecule has 0 unspecified atom stereocenters. The number of hydrogen-bond donors (Lipinski definition) is 2. The number of thiazole rings is 1. The molecular weight excluding hydrogens is 433 g/mol. The van der Waals surface area contributed by atoms with Crippen molar-refractivity contribution < 1.29 is 13.2 Å². The van der Waals surface area contributed by atoms with Crippen LogP contribution in [0, 0.1) is 0 Å². The molecule has 0 saturated carbocycles. The second-order valence-electron chi connectivity index (χ2n) is 3.22. The number of rotatable bonds is 3. The highest BCUT2D eigenvalue weighted by Gasteiger charge is 2.23. The first kappa shape index (κ1) is 16.0. The van der Waals surface area contributed by atoms with E-state index in [0.29, 0.717) is 3.79 Å². The minimum absolute atomic E-state index is 0.0210. The molecule has 2 amide bonds. The van der Waals surface area contributed by atoms with Gasteiger partial charge in [0, 0.05) is 0 Å². The Balaban J connectivity index is 2.12. The van der Waals surface area contributed by atoms with Gasteiger partial charge in [0.25, 0.3) is 10.0 Å². The molecule has 0 aliphatic carbocycles. The summed E-state index contributed by atoms with van der Waals surface area (Å²) in [7, 11) is -4.09. The maximum Gasteiger partial charge on any atom is 0.334 e. The van der Waals surface area contributed by atoms with Gasteiger partial charge in [0.1, 0.15) is 9.23 Å². The summed E-state index contributed by atoms with van der Waals surface area (Å²) in [5, 5.41) is 2.54. The van der Waals surface area contributed by atoms with Gasteiger partial charge in [0.15, 0.2) is 5.13 Å². The number of thiophene rings is 1. The van der Waals surface area contributed by atoms with E-state index in [-0.39, 0.29) is 18.7 Å². The smallest absolute Gasteiger partial charge is 0.283 e. The van der Waals surface area contributed by atoms with Gasteiger partial charge in [-0.2, -0.15) is 0 Å². The van der Waals surface area contributed by atoms with Gasteiger partial charge in [0.2, 0.25) is 0 Å². The largest absolute Gasteiger partial charge is 0.334 e. The number of urea groups is 1. The van der Waals surface area contributed by atoms with Gasteiger partial charge in [-0.3, -0.25) is 5.32 Å². The minimum Gasteiger partial charge on any atom is -0.283 e. The third-order valence-electron chi connectivity index (χ3n) is 1.84. The molecule has 6 nitrogen and oxygen atoms in total. The first-order valence-corrected chi connectivity index (χ1v) is 9.34. The van der Waals surface area contributed by atoms with Crippen molar-refractivity contribution in [2.75, 3.05) is 5.32 Å². The third kappa shape index (κ3) is 3.83. The van der Waals surface area contributed by atoms with Gasteiger partial charge >= 0.3 is 6.03 Å². The molecule has 0 saturated heterocycles. The Bertz CT molecular complexity index is 758. The molecular formula is C8H4BrCl2N3O3S3. The van der Waals surface area contributed by atoms with E-state index in [4.69, 9.17) is 23.2 Å². The molecule has 0 spiro atoms. The van der Waals surface area contributed by atoms with Crippen LogP contribution in [0.15, 0.2) is 20.9 Å². The summed E-state index contributed by atoms with van der Waals surface area (Å²) in [6.45, 7) is 0. The molecule has 2 heterocycles. The van der Waals surface area contributed by atoms with Crippen LogP contribution in [0.3, 0.4) is 0 Å². The highest BCUT2D eigenvalue weighted by atomic mass is 79.9. The molecule has 0 radical (unpaired) electrons. The number of anilines is 1. The average Bonchev–Trinajstić information content (AvgIpc) is 2.84. The molecule has 0 aliphatic heterocycles. The van der Waals surface area contributed by atoms with E-state index >= 15 is 0 Å². The lowest BCUT2D eigenvalue weighted by Crippen LogP contribution is -2.34. The van der Waals surface area contributed by atoms with Crippen molar-refractivity contribution in [2.24, 2.45) is 0 Å². The van der Waals surface area contributed by atoms with E-state index in [9.17, 15) is 13.2 Å². The molecule has 2 aromatic rings. The quantitative estimate of drug-likeness (QED) is 0.765. The summed E-state index contributed by atoms with van der Waals surface area (Å²) in [4.78, 5) is 15.2. The number of halogens is 3. The maximum absolute atomic E-state index is 11.9. The number of nitrogens with zero attached hydrogens (tertiary/aromatic N) is 1. The first-order chi connectivity index (χ1) is 9.28. The van der Waals surface area contributed by atoms with Gasteiger partial charge in [-0.15, -0.1) is 11.3 Å². The van der Waals surface area contributed by atoms with Gasteiger partial charge in [0.05, 0.1) is 14.3 Å². The van der Waals surface area contributed by atoms with Crippen LogP contribution in [-0.2, 0) is 10.0 Å². The average molecular weight is 437 g/mol. The van der Waals surface area contributed by atoms with Gasteiger partial charge in [-0.05, 0) is 22.0 Å². The van der Waals surface area contributed by atoms with Gasteiger partial charge < -0.3 is 0 Å². The van der Waals surface area contributed by atoms with Gasteiger partial charge in [-0.1, -0.05) is 34.5 Å². The topological polar surface area (TPSA) is 88.2 Å². The molecule has 2 aromatic heterocycles. The van der Waals surface area contributed by atoms with Crippen LogP contribution in [0.2, 0.25) is 8.67 Å². The van der Waals surface area contributed by atoms with E-state index < -0.39 is 16.1 Å². The number of amides is 2. The summed E-state index contributed by atoms with van der Waals surface area (Å²) >= 11 is 16.6. The van der Waals surface area contributed by atoms with Crippen LogP contribution in [0.4, 0.5) is 9.93 Å². The Hall–Kier alpha value is -0.390. The number of hydrogen-bond acceptors (Lipinski definition) is 6. The molecule has 108 valence electrons. The minimum atomic E-state index is -4.09. The molecule has 2 rings (SSSR count).